The molecule has 3 aromatic heterocycles. The molecule has 120 valence electrons. The maximum Gasteiger partial charge on any atom is 0.254 e. The van der Waals surface area contributed by atoms with Gasteiger partial charge in [0.05, 0.1) is 13.2 Å². The van der Waals surface area contributed by atoms with Crippen LogP contribution in [0.1, 0.15) is 29.4 Å². The molecule has 0 aliphatic carbocycles. The molecule has 0 aromatic carbocycles. The van der Waals surface area contributed by atoms with Gasteiger partial charge in [0, 0.05) is 29.4 Å². The molecule has 0 spiro atoms. The molecule has 0 unspecified atom stereocenters. The van der Waals surface area contributed by atoms with Crippen LogP contribution in [0.15, 0.2) is 17.8 Å². The van der Waals surface area contributed by atoms with Crippen LogP contribution in [0.5, 0.6) is 0 Å². The van der Waals surface area contributed by atoms with Crippen LogP contribution in [0, 0.1) is 6.92 Å². The molecule has 1 fully saturated rings. The fourth-order valence-corrected chi connectivity index (χ4v) is 3.61. The Morgan fingerprint density at radius 1 is 1.39 bits per heavy atom. The molecule has 0 radical (unpaired) electrons. The van der Waals surface area contributed by atoms with Gasteiger partial charge in [-0.15, -0.1) is 11.3 Å². The quantitative estimate of drug-likeness (QED) is 0.732. The summed E-state index contributed by atoms with van der Waals surface area (Å²) in [4.78, 5) is 15.6. The zero-order chi connectivity index (χ0) is 15.8. The van der Waals surface area contributed by atoms with Crippen molar-refractivity contribution in [3.8, 4) is 0 Å². The fourth-order valence-electron chi connectivity index (χ4n) is 2.78. The van der Waals surface area contributed by atoms with E-state index < -0.39 is 0 Å². The van der Waals surface area contributed by atoms with Crippen molar-refractivity contribution in [1.82, 2.24) is 24.6 Å². The molecule has 0 amide bonds. The summed E-state index contributed by atoms with van der Waals surface area (Å²) in [5, 5.41) is 7.42. The Morgan fingerprint density at radius 3 is 3.09 bits per heavy atom. The molecule has 23 heavy (non-hydrogen) atoms. The van der Waals surface area contributed by atoms with Gasteiger partial charge in [-0.1, -0.05) is 6.92 Å². The van der Waals surface area contributed by atoms with E-state index in [0.29, 0.717) is 12.4 Å². The molecular weight excluding hydrogens is 312 g/mol. The smallest absolute Gasteiger partial charge is 0.254 e. The summed E-state index contributed by atoms with van der Waals surface area (Å²) in [7, 11) is 0. The van der Waals surface area contributed by atoms with Gasteiger partial charge in [0.1, 0.15) is 23.3 Å². The van der Waals surface area contributed by atoms with Crippen molar-refractivity contribution in [3.63, 3.8) is 0 Å². The van der Waals surface area contributed by atoms with E-state index in [1.54, 1.807) is 22.2 Å². The number of hydrogen-bond donors (Lipinski definition) is 0. The van der Waals surface area contributed by atoms with Gasteiger partial charge in [-0.25, -0.2) is 9.97 Å². The Balaban J connectivity index is 1.68. The number of ether oxygens (including phenoxy) is 1. The third-order valence-corrected chi connectivity index (χ3v) is 5.01. The molecule has 4 rings (SSSR count). The molecule has 0 saturated carbocycles. The van der Waals surface area contributed by atoms with E-state index in [9.17, 15) is 0 Å². The third kappa shape index (κ3) is 2.68. The molecule has 8 heteroatoms. The number of aromatic nitrogens is 5. The number of anilines is 1. The molecular formula is C15H18N6OS. The summed E-state index contributed by atoms with van der Waals surface area (Å²) in [6, 6.07) is 2.09. The van der Waals surface area contributed by atoms with E-state index in [2.05, 4.69) is 43.3 Å². The Morgan fingerprint density at radius 2 is 2.30 bits per heavy atom. The highest BCUT2D eigenvalue weighted by Gasteiger charge is 2.26. The minimum absolute atomic E-state index is 0.000682. The molecule has 0 bridgehead atoms. The topological polar surface area (TPSA) is 68.4 Å². The van der Waals surface area contributed by atoms with Crippen molar-refractivity contribution >= 4 is 22.9 Å². The molecule has 7 nitrogen and oxygen atoms in total. The summed E-state index contributed by atoms with van der Waals surface area (Å²) >= 11 is 1.66. The fraction of sp³-hybridized carbons (Fsp3) is 0.467. The number of aryl methyl sites for hydroxylation is 2. The highest BCUT2D eigenvalue weighted by atomic mass is 32.1. The monoisotopic (exact) mass is 330 g/mol. The summed E-state index contributed by atoms with van der Waals surface area (Å²) in [5.41, 5.74) is 2.07. The number of nitrogens with zero attached hydrogens (tertiary/aromatic N) is 6. The van der Waals surface area contributed by atoms with Crippen molar-refractivity contribution in [2.45, 2.75) is 26.4 Å². The second kappa shape index (κ2) is 5.86. The number of morpholine rings is 1. The van der Waals surface area contributed by atoms with Gasteiger partial charge in [0.25, 0.3) is 5.78 Å². The number of hydrogen-bond acceptors (Lipinski definition) is 7. The lowest BCUT2D eigenvalue weighted by molar-refractivity contribution is 0.0391. The van der Waals surface area contributed by atoms with Crippen molar-refractivity contribution in [2.75, 3.05) is 24.6 Å². The SMILES string of the molecule is CCc1cc(N2CCO[C@H](c3nc(C)cs3)C2)n2ncnc2n1. The maximum absolute atomic E-state index is 5.92. The minimum Gasteiger partial charge on any atom is -0.367 e. The van der Waals surface area contributed by atoms with E-state index in [1.165, 1.54) is 0 Å². The normalized spacial score (nSPS) is 18.7. The lowest BCUT2D eigenvalue weighted by atomic mass is 10.2. The molecule has 1 saturated heterocycles. The van der Waals surface area contributed by atoms with Gasteiger partial charge in [0.2, 0.25) is 0 Å². The van der Waals surface area contributed by atoms with Crippen LogP contribution >= 0.6 is 11.3 Å². The molecule has 3 aromatic rings. The van der Waals surface area contributed by atoms with Gasteiger partial charge in [-0.2, -0.15) is 14.6 Å². The Kier molecular flexibility index (Phi) is 3.70. The van der Waals surface area contributed by atoms with Gasteiger partial charge in [-0.05, 0) is 13.3 Å². The molecule has 1 aliphatic rings. The van der Waals surface area contributed by atoms with Gasteiger partial charge in [0.15, 0.2) is 0 Å². The highest BCUT2D eigenvalue weighted by Crippen LogP contribution is 2.28. The molecule has 1 atom stereocenters. The molecule has 4 heterocycles. The van der Waals surface area contributed by atoms with Crippen LogP contribution in [0.25, 0.3) is 5.78 Å². The molecule has 0 N–H and O–H groups in total. The first-order chi connectivity index (χ1) is 11.2. The molecule has 1 aliphatic heterocycles. The van der Waals surface area contributed by atoms with E-state index in [4.69, 9.17) is 4.74 Å². The standard InChI is InChI=1S/C15H18N6OS/c1-3-11-6-13(21-15(19-11)16-9-17-21)20-4-5-22-12(7-20)14-18-10(2)8-23-14/h6,8-9,12H,3-5,7H2,1-2H3/t12-/m0/s1. The van der Waals surface area contributed by atoms with Gasteiger partial charge < -0.3 is 9.64 Å². The van der Waals surface area contributed by atoms with Crippen LogP contribution in [0.2, 0.25) is 0 Å². The summed E-state index contributed by atoms with van der Waals surface area (Å²) in [6.45, 7) is 6.36. The van der Waals surface area contributed by atoms with Crippen molar-refractivity contribution in [3.05, 3.63) is 34.2 Å². The number of thiazole rings is 1. The van der Waals surface area contributed by atoms with Crippen LogP contribution in [-0.2, 0) is 11.2 Å². The average Bonchev–Trinajstić information content (AvgIpc) is 3.22. The maximum atomic E-state index is 5.92. The second-order valence-corrected chi connectivity index (χ2v) is 6.45. The lowest BCUT2D eigenvalue weighted by Gasteiger charge is -2.33. The Labute approximate surface area is 138 Å². The van der Waals surface area contributed by atoms with Crippen molar-refractivity contribution < 1.29 is 4.74 Å². The van der Waals surface area contributed by atoms with Gasteiger partial charge in [-0.3, -0.25) is 0 Å². The van der Waals surface area contributed by atoms with E-state index in [0.717, 1.165) is 41.7 Å². The predicted molar refractivity (Wildman–Crippen MR) is 87.9 cm³/mol. The van der Waals surface area contributed by atoms with Crippen molar-refractivity contribution in [2.24, 2.45) is 0 Å². The Bertz CT molecular complexity index is 828. The van der Waals surface area contributed by atoms with E-state index in [-0.39, 0.29) is 6.10 Å². The van der Waals surface area contributed by atoms with E-state index >= 15 is 0 Å². The van der Waals surface area contributed by atoms with Crippen LogP contribution in [-0.4, -0.2) is 44.3 Å². The first-order valence-electron chi connectivity index (χ1n) is 7.73. The lowest BCUT2D eigenvalue weighted by Crippen LogP contribution is -2.39. The zero-order valence-corrected chi connectivity index (χ0v) is 14.0. The summed E-state index contributed by atoms with van der Waals surface area (Å²) < 4.78 is 7.72. The first-order valence-corrected chi connectivity index (χ1v) is 8.61. The highest BCUT2D eigenvalue weighted by molar-refractivity contribution is 7.09. The average molecular weight is 330 g/mol. The third-order valence-electron chi connectivity index (χ3n) is 3.95. The van der Waals surface area contributed by atoms with Crippen LogP contribution in [0.4, 0.5) is 5.82 Å². The zero-order valence-electron chi connectivity index (χ0n) is 13.1. The first kappa shape index (κ1) is 14.5. The predicted octanol–water partition coefficient (Wildman–Crippen LogP) is 2.03. The second-order valence-electron chi connectivity index (χ2n) is 5.56. The number of fused-ring (bicyclic) bond motifs is 1. The Hall–Kier alpha value is -2.06. The summed E-state index contributed by atoms with van der Waals surface area (Å²) in [6.07, 6.45) is 2.42. The van der Waals surface area contributed by atoms with Gasteiger partial charge >= 0.3 is 0 Å². The minimum atomic E-state index is -0.000682. The van der Waals surface area contributed by atoms with Crippen LogP contribution in [0.3, 0.4) is 0 Å². The van der Waals surface area contributed by atoms with Crippen LogP contribution < -0.4 is 4.90 Å². The largest absolute Gasteiger partial charge is 0.367 e. The van der Waals surface area contributed by atoms with E-state index in [1.807, 2.05) is 6.92 Å². The van der Waals surface area contributed by atoms with Crippen molar-refractivity contribution in [1.29, 1.82) is 0 Å². The number of rotatable bonds is 3. The summed E-state index contributed by atoms with van der Waals surface area (Å²) in [5.74, 6) is 1.67.